The number of hydrogen-bond acceptors (Lipinski definition) is 4. The molecule has 4 rings (SSSR count). The van der Waals surface area contributed by atoms with Gasteiger partial charge in [-0.05, 0) is 42.3 Å². The van der Waals surface area contributed by atoms with Gasteiger partial charge in [0, 0.05) is 11.6 Å². The van der Waals surface area contributed by atoms with E-state index in [9.17, 15) is 22.4 Å². The maximum atomic E-state index is 14.5. The van der Waals surface area contributed by atoms with E-state index in [-0.39, 0.29) is 31.0 Å². The van der Waals surface area contributed by atoms with Crippen LogP contribution in [0.4, 0.5) is 23.2 Å². The van der Waals surface area contributed by atoms with Gasteiger partial charge in [0.1, 0.15) is 36.4 Å². The zero-order valence-corrected chi connectivity index (χ0v) is 17.2. The molecule has 1 saturated heterocycles. The van der Waals surface area contributed by atoms with E-state index >= 15 is 0 Å². The number of pyridine rings is 1. The Bertz CT molecular complexity index is 1150. The Hall–Kier alpha value is -3.20. The first-order valence-corrected chi connectivity index (χ1v) is 9.95. The molecule has 1 amide bonds. The van der Waals surface area contributed by atoms with Gasteiger partial charge < -0.3 is 14.4 Å². The van der Waals surface area contributed by atoms with Crippen molar-refractivity contribution in [2.24, 2.45) is 0 Å². The molecule has 0 unspecified atom stereocenters. The second-order valence-electron chi connectivity index (χ2n) is 7.61. The van der Waals surface area contributed by atoms with Crippen LogP contribution in [-0.4, -0.2) is 42.9 Å². The predicted octanol–water partition coefficient (Wildman–Crippen LogP) is 4.60. The topological polar surface area (TPSA) is 51.7 Å². The monoisotopic (exact) mass is 448 g/mol. The normalized spacial score (nSPS) is 17.1. The summed E-state index contributed by atoms with van der Waals surface area (Å²) < 4.78 is 63.6. The van der Waals surface area contributed by atoms with Crippen LogP contribution in [0.3, 0.4) is 0 Å². The molecule has 0 spiro atoms. The molecule has 1 aromatic heterocycles. The van der Waals surface area contributed by atoms with E-state index in [0.717, 1.165) is 17.0 Å². The van der Waals surface area contributed by atoms with Crippen molar-refractivity contribution in [1.82, 2.24) is 4.98 Å². The highest BCUT2D eigenvalue weighted by Gasteiger charge is 2.31. The molecule has 1 atom stereocenters. The van der Waals surface area contributed by atoms with E-state index in [2.05, 4.69) is 4.98 Å². The Balaban J connectivity index is 1.47. The molecule has 9 heteroatoms. The van der Waals surface area contributed by atoms with E-state index in [4.69, 9.17) is 9.47 Å². The molecular formula is C23H20F4N2O3. The van der Waals surface area contributed by atoms with Gasteiger partial charge >= 0.3 is 6.18 Å². The molecule has 2 heterocycles. The Morgan fingerprint density at radius 2 is 2.03 bits per heavy atom. The predicted molar refractivity (Wildman–Crippen MR) is 110 cm³/mol. The van der Waals surface area contributed by atoms with Gasteiger partial charge in [-0.2, -0.15) is 13.2 Å². The molecule has 0 saturated carbocycles. The Morgan fingerprint density at radius 1 is 1.22 bits per heavy atom. The molecule has 2 aromatic carbocycles. The van der Waals surface area contributed by atoms with Gasteiger partial charge in [0.2, 0.25) is 0 Å². The van der Waals surface area contributed by atoms with Crippen molar-refractivity contribution in [2.75, 3.05) is 24.7 Å². The molecular weight excluding hydrogens is 428 g/mol. The van der Waals surface area contributed by atoms with Crippen molar-refractivity contribution in [3.63, 3.8) is 0 Å². The number of hydrogen-bond donors (Lipinski definition) is 0. The second-order valence-corrected chi connectivity index (χ2v) is 7.61. The first kappa shape index (κ1) is 22.0. The van der Waals surface area contributed by atoms with E-state index in [0.29, 0.717) is 11.3 Å². The number of aromatic nitrogens is 1. The highest BCUT2D eigenvalue weighted by molar-refractivity contribution is 5.95. The Labute approximate surface area is 181 Å². The Morgan fingerprint density at radius 3 is 2.78 bits per heavy atom. The number of alkyl halides is 3. The summed E-state index contributed by atoms with van der Waals surface area (Å²) in [5.41, 5.74) is 1.45. The molecule has 168 valence electrons. The first-order chi connectivity index (χ1) is 15.2. The number of carbonyl (C=O) groups excluding carboxylic acids is 1. The summed E-state index contributed by atoms with van der Waals surface area (Å²) in [5, 5.41) is 0.951. The number of halogens is 4. The van der Waals surface area contributed by atoms with Crippen LogP contribution in [0.15, 0.2) is 48.7 Å². The first-order valence-electron chi connectivity index (χ1n) is 9.95. The quantitative estimate of drug-likeness (QED) is 0.536. The van der Waals surface area contributed by atoms with E-state index in [1.54, 1.807) is 12.3 Å². The van der Waals surface area contributed by atoms with Gasteiger partial charge in [-0.15, -0.1) is 0 Å². The van der Waals surface area contributed by atoms with Crippen molar-refractivity contribution in [2.45, 2.75) is 25.6 Å². The number of amides is 1. The molecule has 5 nitrogen and oxygen atoms in total. The lowest BCUT2D eigenvalue weighted by molar-refractivity contribution is -0.130. The van der Waals surface area contributed by atoms with Crippen molar-refractivity contribution in [3.05, 3.63) is 65.6 Å². The number of aryl methyl sites for hydroxylation is 1. The fourth-order valence-electron chi connectivity index (χ4n) is 3.66. The van der Waals surface area contributed by atoms with Gasteiger partial charge in [-0.1, -0.05) is 18.2 Å². The third-order valence-electron chi connectivity index (χ3n) is 5.21. The van der Waals surface area contributed by atoms with Gasteiger partial charge in [0.05, 0.1) is 18.7 Å². The fourth-order valence-corrected chi connectivity index (χ4v) is 3.66. The van der Waals surface area contributed by atoms with Crippen LogP contribution in [0.1, 0.15) is 11.1 Å². The standard InChI is InChI=1S/C23H20F4N2O3/c1-14-4-7-20(22-17(14)3-2-8-28-22)32-12-16-11-29(21(30)13-31-16)19-6-5-15(9-18(19)24)10-23(25,26)27/h2-9,16H,10-13H2,1H3/t16-/m0/s1. The van der Waals surface area contributed by atoms with Crippen LogP contribution in [-0.2, 0) is 16.0 Å². The minimum absolute atomic E-state index is 0.00555. The summed E-state index contributed by atoms with van der Waals surface area (Å²) >= 11 is 0. The lowest BCUT2D eigenvalue weighted by Crippen LogP contribution is -2.49. The highest BCUT2D eigenvalue weighted by Crippen LogP contribution is 2.29. The smallest absolute Gasteiger partial charge is 0.393 e. The molecule has 32 heavy (non-hydrogen) atoms. The molecule has 0 radical (unpaired) electrons. The maximum absolute atomic E-state index is 14.5. The van der Waals surface area contributed by atoms with Crippen LogP contribution in [0.25, 0.3) is 10.9 Å². The summed E-state index contributed by atoms with van der Waals surface area (Å²) in [6, 6.07) is 10.7. The molecule has 3 aromatic rings. The number of nitrogens with zero attached hydrogens (tertiary/aromatic N) is 2. The van der Waals surface area contributed by atoms with Gasteiger partial charge in [0.25, 0.3) is 5.91 Å². The fraction of sp³-hybridized carbons (Fsp3) is 0.304. The lowest BCUT2D eigenvalue weighted by atomic mass is 10.1. The summed E-state index contributed by atoms with van der Waals surface area (Å²) in [7, 11) is 0. The second kappa shape index (κ2) is 8.74. The van der Waals surface area contributed by atoms with E-state index in [1.165, 1.54) is 17.0 Å². The zero-order valence-electron chi connectivity index (χ0n) is 17.2. The SMILES string of the molecule is Cc1ccc(OC[C@@H]2CN(c3ccc(CC(F)(F)F)cc3F)C(=O)CO2)c2ncccc12. The maximum Gasteiger partial charge on any atom is 0.393 e. The van der Waals surface area contributed by atoms with Crippen molar-refractivity contribution < 1.29 is 31.8 Å². The Kier molecular flexibility index (Phi) is 6.01. The van der Waals surface area contributed by atoms with Crippen LogP contribution >= 0.6 is 0 Å². The number of ether oxygens (including phenoxy) is 2. The number of morpholine rings is 1. The molecule has 0 N–H and O–H groups in total. The molecule has 1 aliphatic rings. The van der Waals surface area contributed by atoms with E-state index < -0.39 is 30.4 Å². The summed E-state index contributed by atoms with van der Waals surface area (Å²) in [6.45, 7) is 1.78. The highest BCUT2D eigenvalue weighted by atomic mass is 19.4. The lowest BCUT2D eigenvalue weighted by Gasteiger charge is -2.33. The number of rotatable bonds is 5. The summed E-state index contributed by atoms with van der Waals surface area (Å²) in [6.07, 6.45) is -4.57. The molecule has 0 aliphatic carbocycles. The van der Waals surface area contributed by atoms with Gasteiger partial charge in [-0.25, -0.2) is 4.39 Å². The summed E-state index contributed by atoms with van der Waals surface area (Å²) in [5.74, 6) is -0.817. The third kappa shape index (κ3) is 4.83. The third-order valence-corrected chi connectivity index (χ3v) is 5.21. The molecule has 0 bridgehead atoms. The largest absolute Gasteiger partial charge is 0.489 e. The minimum atomic E-state index is -4.44. The molecule has 1 fully saturated rings. The van der Waals surface area contributed by atoms with Gasteiger partial charge in [0.15, 0.2) is 0 Å². The minimum Gasteiger partial charge on any atom is -0.489 e. The number of anilines is 1. The van der Waals surface area contributed by atoms with Crippen molar-refractivity contribution in [3.8, 4) is 5.75 Å². The van der Waals surface area contributed by atoms with Crippen LogP contribution < -0.4 is 9.64 Å². The average molecular weight is 448 g/mol. The number of benzene rings is 2. The number of carbonyl (C=O) groups is 1. The van der Waals surface area contributed by atoms with E-state index in [1.807, 2.05) is 25.1 Å². The molecule has 1 aliphatic heterocycles. The summed E-state index contributed by atoms with van der Waals surface area (Å²) in [4.78, 5) is 17.8. The van der Waals surface area contributed by atoms with Crippen LogP contribution in [0.2, 0.25) is 0 Å². The van der Waals surface area contributed by atoms with Crippen molar-refractivity contribution >= 4 is 22.5 Å². The average Bonchev–Trinajstić information content (AvgIpc) is 2.74. The zero-order chi connectivity index (χ0) is 22.9. The van der Waals surface area contributed by atoms with Crippen LogP contribution in [0.5, 0.6) is 5.75 Å². The van der Waals surface area contributed by atoms with Gasteiger partial charge in [-0.3, -0.25) is 9.78 Å². The number of fused-ring (bicyclic) bond motifs is 1. The van der Waals surface area contributed by atoms with Crippen molar-refractivity contribution in [1.29, 1.82) is 0 Å². The van der Waals surface area contributed by atoms with Crippen LogP contribution in [0, 0.1) is 12.7 Å².